The molecule has 0 heterocycles. The number of aryl methyl sites for hydroxylation is 2. The number of hydrogen-bond donors (Lipinski definition) is 0. The first-order valence-corrected chi connectivity index (χ1v) is 7.75. The van der Waals surface area contributed by atoms with E-state index in [9.17, 15) is 0 Å². The molecule has 0 aromatic heterocycles. The lowest BCUT2D eigenvalue weighted by molar-refractivity contribution is 0.724. The summed E-state index contributed by atoms with van der Waals surface area (Å²) in [7, 11) is 0. The van der Waals surface area contributed by atoms with Crippen LogP contribution in [0.25, 0.3) is 20.9 Å². The Kier molecular flexibility index (Phi) is 6.82. The van der Waals surface area contributed by atoms with Crippen molar-refractivity contribution in [1.29, 1.82) is 0 Å². The Bertz CT molecular complexity index is 759. The summed E-state index contributed by atoms with van der Waals surface area (Å²) in [5.74, 6) is 0. The summed E-state index contributed by atoms with van der Waals surface area (Å²) in [5.41, 5.74) is 20.8. The fourth-order valence-electron chi connectivity index (χ4n) is 2.03. The van der Waals surface area contributed by atoms with E-state index in [-0.39, 0.29) is 13.3 Å². The van der Waals surface area contributed by atoms with Crippen molar-refractivity contribution in [2.45, 2.75) is 13.8 Å². The maximum absolute atomic E-state index is 8.60. The van der Waals surface area contributed by atoms with Crippen molar-refractivity contribution < 1.29 is 0 Å². The molecule has 0 amide bonds. The number of anilines is 2. The molecule has 10 nitrogen and oxygen atoms in total. The van der Waals surface area contributed by atoms with Crippen LogP contribution in [0.4, 0.5) is 11.4 Å². The van der Waals surface area contributed by atoms with E-state index in [1.54, 1.807) is 0 Å². The normalized spacial score (nSPS) is 10.1. The van der Waals surface area contributed by atoms with E-state index in [0.717, 1.165) is 22.5 Å². The SMILES string of the molecule is Cc1ccc(N(CN=[N+]=[N-])N=NN(CN=[N+]=[N-])c2ccc(C)cc2)cc1. The molecule has 0 bridgehead atoms. The van der Waals surface area contributed by atoms with Crippen molar-refractivity contribution in [2.24, 2.45) is 20.7 Å². The highest BCUT2D eigenvalue weighted by molar-refractivity contribution is 5.48. The summed E-state index contributed by atoms with van der Waals surface area (Å²) >= 11 is 0. The van der Waals surface area contributed by atoms with Crippen LogP contribution in [-0.2, 0) is 0 Å². The zero-order chi connectivity index (χ0) is 18.8. The van der Waals surface area contributed by atoms with Crippen molar-refractivity contribution in [2.75, 3.05) is 23.4 Å². The zero-order valence-electron chi connectivity index (χ0n) is 14.5. The number of rotatable bonds is 8. The number of azide groups is 2. The molecule has 0 unspecified atom stereocenters. The Labute approximate surface area is 150 Å². The molecule has 2 rings (SSSR count). The second kappa shape index (κ2) is 9.53. The second-order valence-electron chi connectivity index (χ2n) is 5.39. The van der Waals surface area contributed by atoms with Gasteiger partial charge in [-0.05, 0) is 59.6 Å². The lowest BCUT2D eigenvalue weighted by Gasteiger charge is -2.19. The maximum Gasteiger partial charge on any atom is 0.122 e. The van der Waals surface area contributed by atoms with Crippen LogP contribution < -0.4 is 10.0 Å². The lowest BCUT2D eigenvalue weighted by atomic mass is 10.2. The van der Waals surface area contributed by atoms with Crippen molar-refractivity contribution >= 4 is 11.4 Å². The predicted molar refractivity (Wildman–Crippen MR) is 100 cm³/mol. The Morgan fingerprint density at radius 1 is 0.692 bits per heavy atom. The van der Waals surface area contributed by atoms with E-state index in [0.29, 0.717) is 0 Å². The molecule has 2 aromatic rings. The van der Waals surface area contributed by atoms with Crippen molar-refractivity contribution in [3.63, 3.8) is 0 Å². The van der Waals surface area contributed by atoms with E-state index >= 15 is 0 Å². The summed E-state index contributed by atoms with van der Waals surface area (Å²) < 4.78 is 0. The molecule has 0 spiro atoms. The van der Waals surface area contributed by atoms with Crippen LogP contribution in [0.1, 0.15) is 11.1 Å². The first-order chi connectivity index (χ1) is 12.6. The average Bonchev–Trinajstić information content (AvgIpc) is 2.66. The second-order valence-corrected chi connectivity index (χ2v) is 5.39. The molecule has 0 aliphatic heterocycles. The monoisotopic (exact) mass is 350 g/mol. The molecule has 0 radical (unpaired) electrons. The third-order valence-corrected chi connectivity index (χ3v) is 3.44. The summed E-state index contributed by atoms with van der Waals surface area (Å²) in [6.07, 6.45) is 0. The van der Waals surface area contributed by atoms with Gasteiger partial charge in [-0.3, -0.25) is 0 Å². The molecule has 0 saturated heterocycles. The van der Waals surface area contributed by atoms with E-state index in [2.05, 4.69) is 30.5 Å². The lowest BCUT2D eigenvalue weighted by Crippen LogP contribution is -2.20. The summed E-state index contributed by atoms with van der Waals surface area (Å²) in [5, 5.41) is 18.3. The Hall–Kier alpha value is -3.74. The van der Waals surface area contributed by atoms with Gasteiger partial charge < -0.3 is 0 Å². The maximum atomic E-state index is 8.60. The average molecular weight is 350 g/mol. The molecule has 0 fully saturated rings. The van der Waals surface area contributed by atoms with Crippen LogP contribution in [0.3, 0.4) is 0 Å². The van der Waals surface area contributed by atoms with Crippen LogP contribution in [-0.4, -0.2) is 13.3 Å². The van der Waals surface area contributed by atoms with Gasteiger partial charge in [0.15, 0.2) is 0 Å². The fourth-order valence-corrected chi connectivity index (χ4v) is 2.03. The van der Waals surface area contributed by atoms with Crippen LogP contribution in [0, 0.1) is 13.8 Å². The van der Waals surface area contributed by atoms with Crippen molar-refractivity contribution in [3.05, 3.63) is 80.5 Å². The van der Waals surface area contributed by atoms with Crippen molar-refractivity contribution in [1.82, 2.24) is 0 Å². The van der Waals surface area contributed by atoms with Gasteiger partial charge in [-0.1, -0.05) is 45.6 Å². The van der Waals surface area contributed by atoms with Gasteiger partial charge in [0.2, 0.25) is 0 Å². The molecule has 0 aliphatic rings. The molecule has 10 heteroatoms. The predicted octanol–water partition coefficient (Wildman–Crippen LogP) is 5.43. The number of hydrogen-bond acceptors (Lipinski definition) is 4. The first kappa shape index (κ1) is 18.6. The third-order valence-electron chi connectivity index (χ3n) is 3.44. The molecule has 2 aromatic carbocycles. The van der Waals surface area contributed by atoms with Gasteiger partial charge in [-0.15, -0.1) is 0 Å². The quantitative estimate of drug-likeness (QED) is 0.272. The van der Waals surface area contributed by atoms with Gasteiger partial charge >= 0.3 is 0 Å². The topological polar surface area (TPSA) is 129 Å². The smallest absolute Gasteiger partial charge is 0.122 e. The third kappa shape index (κ3) is 5.41. The van der Waals surface area contributed by atoms with Crippen molar-refractivity contribution in [3.8, 4) is 0 Å². The van der Waals surface area contributed by atoms with E-state index in [1.807, 2.05) is 62.4 Å². The van der Waals surface area contributed by atoms with Gasteiger partial charge in [-0.2, -0.15) is 0 Å². The summed E-state index contributed by atoms with van der Waals surface area (Å²) in [4.78, 5) is 5.53. The number of benzene rings is 2. The molecular weight excluding hydrogens is 332 g/mol. The van der Waals surface area contributed by atoms with Gasteiger partial charge in [0, 0.05) is 9.82 Å². The van der Waals surface area contributed by atoms with Gasteiger partial charge in [0.25, 0.3) is 0 Å². The Balaban J connectivity index is 2.29. The van der Waals surface area contributed by atoms with Crippen LogP contribution in [0.15, 0.2) is 69.2 Å². The van der Waals surface area contributed by atoms with E-state index < -0.39 is 0 Å². The molecular formula is C16H18N10. The largest absolute Gasteiger partial charge is 0.240 e. The summed E-state index contributed by atoms with van der Waals surface area (Å²) in [6, 6.07) is 15.1. The molecule has 132 valence electrons. The van der Waals surface area contributed by atoms with Crippen LogP contribution >= 0.6 is 0 Å². The molecule has 0 saturated carbocycles. The Morgan fingerprint density at radius 3 is 1.35 bits per heavy atom. The Morgan fingerprint density at radius 2 is 1.04 bits per heavy atom. The first-order valence-electron chi connectivity index (χ1n) is 7.75. The minimum Gasteiger partial charge on any atom is -0.240 e. The zero-order valence-corrected chi connectivity index (χ0v) is 14.5. The highest BCUT2D eigenvalue weighted by atomic mass is 15.7. The minimum atomic E-state index is -0.0215. The molecule has 0 N–H and O–H groups in total. The standard InChI is InChI=1S/C16H18N10/c1-13-3-7-15(8-4-13)25(11-19-21-17)23-24-26(12-20-22-18)16-9-5-14(2)6-10-16/h3-10H,11-12H2,1-2H3. The van der Waals surface area contributed by atoms with Gasteiger partial charge in [0.1, 0.15) is 13.3 Å². The van der Waals surface area contributed by atoms with E-state index in [4.69, 9.17) is 11.1 Å². The number of nitrogens with zero attached hydrogens (tertiary/aromatic N) is 10. The highest BCUT2D eigenvalue weighted by Gasteiger charge is 2.07. The van der Waals surface area contributed by atoms with Crippen LogP contribution in [0.2, 0.25) is 0 Å². The van der Waals surface area contributed by atoms with Crippen LogP contribution in [0.5, 0.6) is 0 Å². The highest BCUT2D eigenvalue weighted by Crippen LogP contribution is 2.19. The van der Waals surface area contributed by atoms with Gasteiger partial charge in [0.05, 0.1) is 11.4 Å². The molecule has 0 atom stereocenters. The minimum absolute atomic E-state index is 0.0215. The summed E-state index contributed by atoms with van der Waals surface area (Å²) in [6.45, 7) is 3.91. The van der Waals surface area contributed by atoms with E-state index in [1.165, 1.54) is 10.0 Å². The fraction of sp³-hybridized carbons (Fsp3) is 0.250. The van der Waals surface area contributed by atoms with Gasteiger partial charge in [-0.25, -0.2) is 10.0 Å². The molecule has 26 heavy (non-hydrogen) atoms. The molecule has 0 aliphatic carbocycles.